The number of aromatic hydroxyl groups is 1. The topological polar surface area (TPSA) is 177 Å². The van der Waals surface area contributed by atoms with Gasteiger partial charge in [0.05, 0.1) is 18.0 Å². The van der Waals surface area contributed by atoms with Gasteiger partial charge < -0.3 is 36.4 Å². The number of phenols is 1. The van der Waals surface area contributed by atoms with Crippen LogP contribution in [0.25, 0.3) is 5.76 Å². The molecular formula is C28H35F3N4O7. The molecule has 42 heavy (non-hydrogen) atoms. The lowest BCUT2D eigenvalue weighted by Gasteiger charge is -2.50. The van der Waals surface area contributed by atoms with Crippen LogP contribution in [0, 0.1) is 11.8 Å². The largest absolute Gasteiger partial charge is 0.508 e. The number of benzene rings is 1. The van der Waals surface area contributed by atoms with Gasteiger partial charge in [-0.15, -0.1) is 0 Å². The van der Waals surface area contributed by atoms with Gasteiger partial charge in [0, 0.05) is 49.4 Å². The Morgan fingerprint density at radius 1 is 1.19 bits per heavy atom. The minimum absolute atomic E-state index is 0.0579. The number of primary amides is 1. The summed E-state index contributed by atoms with van der Waals surface area (Å²) in [5.74, 6) is -7.59. The normalized spacial score (nSPS) is 26.7. The van der Waals surface area contributed by atoms with Crippen LogP contribution in [0.4, 0.5) is 18.9 Å². The fourth-order valence-corrected chi connectivity index (χ4v) is 6.58. The number of likely N-dealkylation sites (N-methyl/N-ethyl adjacent to an activating group) is 1. The number of Topliss-reactive ketones (excluding diaryl/α,β-unsaturated/α-hetero) is 2. The maximum atomic E-state index is 14.0. The van der Waals surface area contributed by atoms with Crippen LogP contribution in [0.1, 0.15) is 36.5 Å². The number of nitrogens with zero attached hydrogens (tertiary/aromatic N) is 2. The fourth-order valence-electron chi connectivity index (χ4n) is 6.58. The molecule has 0 aromatic heterocycles. The molecule has 7 N–H and O–H groups in total. The van der Waals surface area contributed by atoms with Crippen molar-refractivity contribution in [3.8, 4) is 5.75 Å². The van der Waals surface area contributed by atoms with Crippen molar-refractivity contribution < 1.29 is 48.0 Å². The molecule has 3 aliphatic carbocycles. The van der Waals surface area contributed by atoms with Gasteiger partial charge >= 0.3 is 6.18 Å². The van der Waals surface area contributed by atoms with Crippen LogP contribution in [0.15, 0.2) is 23.0 Å². The highest BCUT2D eigenvalue weighted by atomic mass is 19.4. The molecule has 14 heteroatoms. The van der Waals surface area contributed by atoms with Crippen molar-refractivity contribution in [2.75, 3.05) is 33.1 Å². The summed E-state index contributed by atoms with van der Waals surface area (Å²) >= 11 is 0. The zero-order valence-electron chi connectivity index (χ0n) is 23.8. The third-order valence-corrected chi connectivity index (χ3v) is 8.44. The van der Waals surface area contributed by atoms with E-state index in [0.717, 1.165) is 0 Å². The summed E-state index contributed by atoms with van der Waals surface area (Å²) in [6.07, 6.45) is -5.48. The van der Waals surface area contributed by atoms with Crippen molar-refractivity contribution in [3.05, 3.63) is 39.7 Å². The number of nitrogens with two attached hydrogens (primary N) is 1. The highest BCUT2D eigenvalue weighted by Gasteiger charge is 2.64. The molecule has 230 valence electrons. The average molecular weight is 597 g/mol. The van der Waals surface area contributed by atoms with Crippen LogP contribution in [0.5, 0.6) is 5.75 Å². The van der Waals surface area contributed by atoms with Crippen molar-refractivity contribution in [1.82, 2.24) is 10.2 Å². The maximum absolute atomic E-state index is 14.0. The molecular weight excluding hydrogens is 561 g/mol. The van der Waals surface area contributed by atoms with Gasteiger partial charge in [0.2, 0.25) is 5.78 Å². The summed E-state index contributed by atoms with van der Waals surface area (Å²) in [4.78, 5) is 42.4. The minimum atomic E-state index is -4.40. The number of nitrogens with one attached hydrogen (secondary N) is 1. The van der Waals surface area contributed by atoms with Gasteiger partial charge in [-0.05, 0) is 51.4 Å². The van der Waals surface area contributed by atoms with Gasteiger partial charge in [0.25, 0.3) is 5.91 Å². The van der Waals surface area contributed by atoms with Crippen molar-refractivity contribution in [2.24, 2.45) is 17.6 Å². The average Bonchev–Trinajstić information content (AvgIpc) is 2.84. The number of carbonyl (C=O) groups excluding carboxylic acids is 3. The van der Waals surface area contributed by atoms with Crippen LogP contribution >= 0.6 is 0 Å². The van der Waals surface area contributed by atoms with Gasteiger partial charge in [0.1, 0.15) is 22.8 Å². The number of hydrogen-bond acceptors (Lipinski definition) is 10. The first-order valence-corrected chi connectivity index (χ1v) is 13.3. The van der Waals surface area contributed by atoms with Crippen LogP contribution < -0.4 is 16.0 Å². The van der Waals surface area contributed by atoms with E-state index in [1.165, 1.54) is 25.9 Å². The second kappa shape index (κ2) is 10.6. The smallest absolute Gasteiger partial charge is 0.390 e. The third kappa shape index (κ3) is 4.90. The molecule has 4 rings (SSSR count). The van der Waals surface area contributed by atoms with Gasteiger partial charge in [-0.3, -0.25) is 19.3 Å². The highest BCUT2D eigenvalue weighted by Crippen LogP contribution is 2.54. The monoisotopic (exact) mass is 596 g/mol. The number of aliphatic hydroxyl groups is 3. The lowest BCUT2D eigenvalue weighted by atomic mass is 9.57. The lowest BCUT2D eigenvalue weighted by Crippen LogP contribution is -2.65. The summed E-state index contributed by atoms with van der Waals surface area (Å²) in [6.45, 7) is 1.15. The second-order valence-corrected chi connectivity index (χ2v) is 11.7. The maximum Gasteiger partial charge on any atom is 0.390 e. The van der Waals surface area contributed by atoms with Crippen LogP contribution in [0.3, 0.4) is 0 Å². The van der Waals surface area contributed by atoms with Crippen molar-refractivity contribution in [2.45, 2.75) is 56.6 Å². The van der Waals surface area contributed by atoms with Crippen LogP contribution in [-0.2, 0) is 27.3 Å². The molecule has 0 saturated heterocycles. The highest BCUT2D eigenvalue weighted by molar-refractivity contribution is 6.24. The molecule has 1 amide bonds. The number of carbonyl (C=O) groups is 3. The van der Waals surface area contributed by atoms with Gasteiger partial charge in [-0.25, -0.2) is 0 Å². The Kier molecular flexibility index (Phi) is 7.89. The number of ketones is 2. The van der Waals surface area contributed by atoms with E-state index in [9.17, 15) is 48.0 Å². The minimum Gasteiger partial charge on any atom is -0.508 e. The number of hydrogen-bond donors (Lipinski definition) is 6. The summed E-state index contributed by atoms with van der Waals surface area (Å²) < 4.78 is 38.5. The fraction of sp³-hybridized carbons (Fsp3) is 0.536. The zero-order chi connectivity index (χ0) is 31.6. The first-order valence-electron chi connectivity index (χ1n) is 13.3. The van der Waals surface area contributed by atoms with E-state index in [0.29, 0.717) is 11.3 Å². The van der Waals surface area contributed by atoms with E-state index in [4.69, 9.17) is 5.73 Å². The van der Waals surface area contributed by atoms with E-state index in [2.05, 4.69) is 5.32 Å². The molecule has 1 fully saturated rings. The van der Waals surface area contributed by atoms with E-state index >= 15 is 0 Å². The Labute approximate surface area is 240 Å². The SMILES string of the molecule is CC(CC(F)(F)F)NCc1cc(N(C)C)c2c(c1O)C(O)=C1C(=O)[C@@]3(O)C(O)=C(C(N)=O)C(=O)[C@H](N(C)C)[C@H]3C[C@H]1C2. The Morgan fingerprint density at radius 2 is 1.81 bits per heavy atom. The first kappa shape index (κ1) is 31.3. The van der Waals surface area contributed by atoms with E-state index in [-0.39, 0.29) is 36.1 Å². The van der Waals surface area contributed by atoms with E-state index in [1.54, 1.807) is 25.1 Å². The first-order chi connectivity index (χ1) is 19.3. The van der Waals surface area contributed by atoms with Gasteiger partial charge in [0.15, 0.2) is 11.4 Å². The predicted octanol–water partition coefficient (Wildman–Crippen LogP) is 1.46. The number of phenolic OH excluding ortho intramolecular Hbond substituents is 1. The molecule has 0 spiro atoms. The Hall–Kier alpha value is -3.62. The van der Waals surface area contributed by atoms with Crippen molar-refractivity contribution in [1.29, 1.82) is 0 Å². The molecule has 1 unspecified atom stereocenters. The molecule has 1 aromatic rings. The molecule has 0 heterocycles. The second-order valence-electron chi connectivity index (χ2n) is 11.7. The van der Waals surface area contributed by atoms with Crippen LogP contribution in [0.2, 0.25) is 0 Å². The Morgan fingerprint density at radius 3 is 2.33 bits per heavy atom. The predicted molar refractivity (Wildman–Crippen MR) is 146 cm³/mol. The number of rotatable bonds is 7. The number of halogens is 3. The van der Waals surface area contributed by atoms with Gasteiger partial charge in [-0.2, -0.15) is 13.2 Å². The van der Waals surface area contributed by atoms with Crippen molar-refractivity contribution >= 4 is 28.9 Å². The quantitative estimate of drug-likeness (QED) is 0.253. The van der Waals surface area contributed by atoms with E-state index in [1.807, 2.05) is 0 Å². The number of alkyl halides is 3. The summed E-state index contributed by atoms with van der Waals surface area (Å²) in [5, 5.41) is 48.1. The summed E-state index contributed by atoms with van der Waals surface area (Å²) in [7, 11) is 6.43. The van der Waals surface area contributed by atoms with Crippen LogP contribution in [-0.4, -0.2) is 94.9 Å². The molecule has 11 nitrogen and oxygen atoms in total. The molecule has 3 aliphatic rings. The summed E-state index contributed by atoms with van der Waals surface area (Å²) in [5.41, 5.74) is 2.37. The Balaban J connectivity index is 1.87. The number of anilines is 1. The molecule has 1 aromatic carbocycles. The third-order valence-electron chi connectivity index (χ3n) is 8.44. The zero-order valence-corrected chi connectivity index (χ0v) is 23.8. The van der Waals surface area contributed by atoms with Crippen molar-refractivity contribution in [3.63, 3.8) is 0 Å². The number of fused-ring (bicyclic) bond motifs is 3. The molecule has 0 radical (unpaired) electrons. The summed E-state index contributed by atoms with van der Waals surface area (Å²) in [6, 6.07) is -0.601. The lowest BCUT2D eigenvalue weighted by molar-refractivity contribution is -0.153. The number of aliphatic hydroxyl groups excluding tert-OH is 2. The molecule has 0 aliphatic heterocycles. The standard InChI is InChI=1S/C28H35F3N4O7/c1-11(9-27(29,30)31)33-10-13-8-16(34(2)3)14-6-12-7-15-20(35(4)5)23(38)19(26(32)41)25(40)28(15,42)24(39)17(12)22(37)18(14)21(13)36/h8,11-12,15,20,33,36-37,40,42H,6-7,9-10H2,1-5H3,(H2,32,41)/t11?,12-,15-,20-,28-/m1/s1. The molecule has 5 atom stereocenters. The van der Waals surface area contributed by atoms with E-state index < -0.39 is 82.4 Å². The van der Waals surface area contributed by atoms with Gasteiger partial charge in [-0.1, -0.05) is 0 Å². The molecule has 0 bridgehead atoms. The molecule has 1 saturated carbocycles. The Bertz CT molecular complexity index is 1420. The number of amides is 1.